The van der Waals surface area contributed by atoms with Crippen LogP contribution in [0.3, 0.4) is 0 Å². The first-order chi connectivity index (χ1) is 14.9. The fraction of sp³-hybridized carbons (Fsp3) is 0.200. The molecule has 1 unspecified atom stereocenters. The molecule has 3 aromatic carbocycles. The van der Waals surface area contributed by atoms with E-state index in [0.717, 1.165) is 16.7 Å². The lowest BCUT2D eigenvalue weighted by atomic mass is 10.0. The van der Waals surface area contributed by atoms with Crippen LogP contribution in [0.15, 0.2) is 71.2 Å². The Kier molecular flexibility index (Phi) is 7.60. The largest absolute Gasteiger partial charge is 0.394 e. The SMILES string of the molecule is Cc1cccc(C)c1C(=O)Nc1ccc(CC(CO)NC(=O)c2ccccc2Br)cc1. The first-order valence-electron chi connectivity index (χ1n) is 10.0. The number of halogens is 1. The molecule has 0 aliphatic heterocycles. The zero-order chi connectivity index (χ0) is 22.4. The number of carbonyl (C=O) groups is 2. The number of anilines is 1. The highest BCUT2D eigenvalue weighted by molar-refractivity contribution is 9.10. The highest BCUT2D eigenvalue weighted by Crippen LogP contribution is 2.18. The summed E-state index contributed by atoms with van der Waals surface area (Å²) < 4.78 is 0.702. The van der Waals surface area contributed by atoms with Gasteiger partial charge in [0.2, 0.25) is 0 Å². The van der Waals surface area contributed by atoms with Gasteiger partial charge in [0.1, 0.15) is 0 Å². The van der Waals surface area contributed by atoms with Crippen molar-refractivity contribution in [2.24, 2.45) is 0 Å². The zero-order valence-corrected chi connectivity index (χ0v) is 19.1. The van der Waals surface area contributed by atoms with E-state index in [1.54, 1.807) is 18.2 Å². The molecule has 3 rings (SSSR count). The Morgan fingerprint density at radius 3 is 2.16 bits per heavy atom. The quantitative estimate of drug-likeness (QED) is 0.460. The molecule has 3 N–H and O–H groups in total. The molecule has 0 aliphatic rings. The molecule has 0 saturated heterocycles. The minimum absolute atomic E-state index is 0.141. The average molecular weight is 481 g/mol. The molecule has 0 radical (unpaired) electrons. The number of hydrogen-bond acceptors (Lipinski definition) is 3. The molecule has 0 heterocycles. The number of rotatable bonds is 7. The van der Waals surface area contributed by atoms with Crippen molar-refractivity contribution in [3.63, 3.8) is 0 Å². The minimum Gasteiger partial charge on any atom is -0.394 e. The van der Waals surface area contributed by atoms with Gasteiger partial charge in [0.05, 0.1) is 18.2 Å². The standard InChI is InChI=1S/C25H25BrN2O3/c1-16-6-5-7-17(2)23(16)25(31)27-19-12-10-18(11-13-19)14-20(15-29)28-24(30)21-8-3-4-9-22(21)26/h3-13,20,29H,14-15H2,1-2H3,(H,27,31)(H,28,30). The second kappa shape index (κ2) is 10.4. The Morgan fingerprint density at radius 2 is 1.55 bits per heavy atom. The predicted octanol–water partition coefficient (Wildman–Crippen LogP) is 4.65. The number of carbonyl (C=O) groups excluding carboxylic acids is 2. The summed E-state index contributed by atoms with van der Waals surface area (Å²) in [4.78, 5) is 25.1. The molecule has 0 bridgehead atoms. The van der Waals surface area contributed by atoms with Crippen molar-refractivity contribution in [1.29, 1.82) is 0 Å². The van der Waals surface area contributed by atoms with Crippen molar-refractivity contribution in [2.75, 3.05) is 11.9 Å². The number of aliphatic hydroxyl groups is 1. The zero-order valence-electron chi connectivity index (χ0n) is 17.5. The van der Waals surface area contributed by atoms with Crippen molar-refractivity contribution >= 4 is 33.4 Å². The maximum absolute atomic E-state index is 12.7. The fourth-order valence-corrected chi connectivity index (χ4v) is 3.91. The molecule has 6 heteroatoms. The van der Waals surface area contributed by atoms with E-state index in [1.165, 1.54) is 0 Å². The third kappa shape index (κ3) is 5.81. The highest BCUT2D eigenvalue weighted by Gasteiger charge is 2.16. The van der Waals surface area contributed by atoms with Crippen molar-refractivity contribution in [3.05, 3.63) is 99.0 Å². The van der Waals surface area contributed by atoms with Crippen LogP contribution in [0.5, 0.6) is 0 Å². The number of hydrogen-bond donors (Lipinski definition) is 3. The molecule has 31 heavy (non-hydrogen) atoms. The van der Waals surface area contributed by atoms with Gasteiger partial charge < -0.3 is 15.7 Å². The molecule has 0 aromatic heterocycles. The summed E-state index contributed by atoms with van der Waals surface area (Å²) in [7, 11) is 0. The van der Waals surface area contributed by atoms with Gasteiger partial charge in [-0.1, -0.05) is 42.5 Å². The molecule has 5 nitrogen and oxygen atoms in total. The number of amides is 2. The van der Waals surface area contributed by atoms with Gasteiger partial charge in [0, 0.05) is 15.7 Å². The summed E-state index contributed by atoms with van der Waals surface area (Å²) in [5.74, 6) is -0.388. The van der Waals surface area contributed by atoms with E-state index < -0.39 is 6.04 Å². The molecular weight excluding hydrogens is 456 g/mol. The maximum Gasteiger partial charge on any atom is 0.256 e. The van der Waals surface area contributed by atoms with Crippen LogP contribution in [-0.4, -0.2) is 29.6 Å². The molecule has 160 valence electrons. The second-order valence-electron chi connectivity index (χ2n) is 7.45. The van der Waals surface area contributed by atoms with Gasteiger partial charge in [-0.25, -0.2) is 0 Å². The van der Waals surface area contributed by atoms with Gasteiger partial charge in [-0.05, 0) is 77.2 Å². The van der Waals surface area contributed by atoms with Gasteiger partial charge in [-0.15, -0.1) is 0 Å². The maximum atomic E-state index is 12.7. The molecule has 2 amide bonds. The first-order valence-corrected chi connectivity index (χ1v) is 10.8. The third-order valence-corrected chi connectivity index (χ3v) is 5.77. The van der Waals surface area contributed by atoms with Crippen molar-refractivity contribution in [2.45, 2.75) is 26.3 Å². The normalized spacial score (nSPS) is 11.6. The van der Waals surface area contributed by atoms with Crippen molar-refractivity contribution in [1.82, 2.24) is 5.32 Å². The van der Waals surface area contributed by atoms with Crippen LogP contribution in [-0.2, 0) is 6.42 Å². The lowest BCUT2D eigenvalue weighted by Gasteiger charge is -2.17. The Morgan fingerprint density at radius 1 is 0.903 bits per heavy atom. The van der Waals surface area contributed by atoms with Crippen LogP contribution in [0.4, 0.5) is 5.69 Å². The van der Waals surface area contributed by atoms with E-state index in [2.05, 4.69) is 26.6 Å². The number of benzene rings is 3. The van der Waals surface area contributed by atoms with Crippen LogP contribution in [0.2, 0.25) is 0 Å². The first kappa shape index (κ1) is 22.7. The number of aryl methyl sites for hydroxylation is 2. The minimum atomic E-state index is -0.422. The molecule has 0 aliphatic carbocycles. The van der Waals surface area contributed by atoms with Crippen LogP contribution >= 0.6 is 15.9 Å². The fourth-order valence-electron chi connectivity index (χ4n) is 3.44. The Hall–Kier alpha value is -2.96. The van der Waals surface area contributed by atoms with Gasteiger partial charge in [0.25, 0.3) is 11.8 Å². The molecule has 0 fully saturated rings. The molecule has 0 saturated carbocycles. The molecular formula is C25H25BrN2O3. The monoisotopic (exact) mass is 480 g/mol. The van der Waals surface area contributed by atoms with Crippen LogP contribution in [0.1, 0.15) is 37.4 Å². The summed E-state index contributed by atoms with van der Waals surface area (Å²) in [6, 6.07) is 19.9. The Bertz CT molecular complexity index is 1060. The second-order valence-corrected chi connectivity index (χ2v) is 8.31. The molecule has 3 aromatic rings. The lowest BCUT2D eigenvalue weighted by Crippen LogP contribution is -2.39. The summed E-state index contributed by atoms with van der Waals surface area (Å²) >= 11 is 3.37. The van der Waals surface area contributed by atoms with E-state index >= 15 is 0 Å². The Labute approximate surface area is 190 Å². The lowest BCUT2D eigenvalue weighted by molar-refractivity contribution is 0.0915. The topological polar surface area (TPSA) is 78.4 Å². The predicted molar refractivity (Wildman–Crippen MR) is 126 cm³/mol. The smallest absolute Gasteiger partial charge is 0.256 e. The van der Waals surface area contributed by atoms with E-state index in [1.807, 2.05) is 62.4 Å². The van der Waals surface area contributed by atoms with Crippen molar-refractivity contribution in [3.8, 4) is 0 Å². The van der Waals surface area contributed by atoms with Gasteiger partial charge in [-0.2, -0.15) is 0 Å². The van der Waals surface area contributed by atoms with Crippen LogP contribution < -0.4 is 10.6 Å². The summed E-state index contributed by atoms with van der Waals surface area (Å²) in [5.41, 5.74) is 4.69. The highest BCUT2D eigenvalue weighted by atomic mass is 79.9. The molecule has 1 atom stereocenters. The van der Waals surface area contributed by atoms with Gasteiger partial charge in [0.15, 0.2) is 0 Å². The van der Waals surface area contributed by atoms with E-state index in [0.29, 0.717) is 27.7 Å². The summed E-state index contributed by atoms with van der Waals surface area (Å²) in [5, 5.41) is 15.5. The van der Waals surface area contributed by atoms with Crippen LogP contribution in [0, 0.1) is 13.8 Å². The summed E-state index contributed by atoms with van der Waals surface area (Å²) in [6.07, 6.45) is 0.470. The molecule has 0 spiro atoms. The summed E-state index contributed by atoms with van der Waals surface area (Å²) in [6.45, 7) is 3.66. The van der Waals surface area contributed by atoms with E-state index in [4.69, 9.17) is 0 Å². The van der Waals surface area contributed by atoms with Gasteiger partial charge in [-0.3, -0.25) is 9.59 Å². The van der Waals surface area contributed by atoms with Crippen LogP contribution in [0.25, 0.3) is 0 Å². The Balaban J connectivity index is 1.63. The third-order valence-electron chi connectivity index (χ3n) is 5.08. The van der Waals surface area contributed by atoms with Crippen molar-refractivity contribution < 1.29 is 14.7 Å². The number of nitrogens with one attached hydrogen (secondary N) is 2. The average Bonchev–Trinajstić information content (AvgIpc) is 2.74. The number of aliphatic hydroxyl groups excluding tert-OH is 1. The van der Waals surface area contributed by atoms with E-state index in [-0.39, 0.29) is 18.4 Å². The van der Waals surface area contributed by atoms with E-state index in [9.17, 15) is 14.7 Å². The van der Waals surface area contributed by atoms with Gasteiger partial charge >= 0.3 is 0 Å².